The van der Waals surface area contributed by atoms with E-state index in [1.54, 1.807) is 6.92 Å². The summed E-state index contributed by atoms with van der Waals surface area (Å²) in [5.74, 6) is 0.785. The molecular weight excluding hydrogens is 350 g/mol. The van der Waals surface area contributed by atoms with Crippen molar-refractivity contribution in [1.82, 2.24) is 15.5 Å². The van der Waals surface area contributed by atoms with Crippen LogP contribution in [0.4, 0.5) is 4.79 Å². The van der Waals surface area contributed by atoms with Gasteiger partial charge in [0.25, 0.3) is 5.91 Å². The highest BCUT2D eigenvalue weighted by atomic mass is 16.6. The van der Waals surface area contributed by atoms with Crippen LogP contribution in [0.1, 0.15) is 38.3 Å². The van der Waals surface area contributed by atoms with Gasteiger partial charge in [0, 0.05) is 0 Å². The van der Waals surface area contributed by atoms with Crippen LogP contribution in [0.3, 0.4) is 0 Å². The normalized spacial score (nSPS) is 25.2. The summed E-state index contributed by atoms with van der Waals surface area (Å²) in [5, 5.41) is 5.58. The first kappa shape index (κ1) is 17.6. The second kappa shape index (κ2) is 6.44. The predicted molar refractivity (Wildman–Crippen MR) is 95.4 cm³/mol. The lowest BCUT2D eigenvalue weighted by molar-refractivity contribution is -0.135. The molecule has 144 valence electrons. The molecular formula is C19H23N3O5. The van der Waals surface area contributed by atoms with Gasteiger partial charge >= 0.3 is 6.03 Å². The number of urea groups is 1. The largest absolute Gasteiger partial charge is 0.486 e. The lowest BCUT2D eigenvalue weighted by Crippen LogP contribution is -2.47. The number of benzene rings is 1. The molecule has 8 heteroatoms. The van der Waals surface area contributed by atoms with E-state index in [9.17, 15) is 14.4 Å². The maximum atomic E-state index is 12.6. The summed E-state index contributed by atoms with van der Waals surface area (Å²) in [7, 11) is 0. The van der Waals surface area contributed by atoms with Crippen LogP contribution in [0, 0.1) is 5.92 Å². The summed E-state index contributed by atoms with van der Waals surface area (Å²) in [4.78, 5) is 38.2. The average Bonchev–Trinajstić information content (AvgIpc) is 3.47. The summed E-state index contributed by atoms with van der Waals surface area (Å²) in [5.41, 5.74) is -0.0219. The molecule has 4 amide bonds. The first-order valence-electron chi connectivity index (χ1n) is 9.21. The van der Waals surface area contributed by atoms with E-state index in [2.05, 4.69) is 10.6 Å². The highest BCUT2D eigenvalue weighted by molar-refractivity contribution is 6.09. The highest BCUT2D eigenvalue weighted by Gasteiger charge is 2.56. The minimum absolute atomic E-state index is 0.165. The smallest absolute Gasteiger partial charge is 0.325 e. The van der Waals surface area contributed by atoms with Crippen molar-refractivity contribution in [2.24, 2.45) is 5.92 Å². The van der Waals surface area contributed by atoms with Crippen molar-refractivity contribution in [1.29, 1.82) is 0 Å². The number of carbonyl (C=O) groups excluding carboxylic acids is 3. The van der Waals surface area contributed by atoms with Gasteiger partial charge in [-0.1, -0.05) is 6.07 Å². The molecule has 4 rings (SSSR count). The van der Waals surface area contributed by atoms with E-state index in [1.807, 2.05) is 25.1 Å². The minimum Gasteiger partial charge on any atom is -0.486 e. The van der Waals surface area contributed by atoms with Gasteiger partial charge in [-0.25, -0.2) is 4.79 Å². The van der Waals surface area contributed by atoms with Crippen LogP contribution in [0.2, 0.25) is 0 Å². The molecule has 27 heavy (non-hydrogen) atoms. The summed E-state index contributed by atoms with van der Waals surface area (Å²) < 4.78 is 11.1. The lowest BCUT2D eigenvalue weighted by atomic mass is 9.96. The van der Waals surface area contributed by atoms with Crippen molar-refractivity contribution in [2.75, 3.05) is 19.8 Å². The van der Waals surface area contributed by atoms with Crippen LogP contribution in [0.15, 0.2) is 18.2 Å². The fourth-order valence-corrected chi connectivity index (χ4v) is 3.64. The molecule has 0 unspecified atom stereocenters. The number of hydrogen-bond donors (Lipinski definition) is 2. The zero-order valence-corrected chi connectivity index (χ0v) is 15.4. The van der Waals surface area contributed by atoms with E-state index in [4.69, 9.17) is 9.47 Å². The number of imide groups is 1. The van der Waals surface area contributed by atoms with Gasteiger partial charge in [-0.2, -0.15) is 0 Å². The zero-order valence-electron chi connectivity index (χ0n) is 15.4. The molecule has 1 aromatic carbocycles. The third kappa shape index (κ3) is 3.20. The number of amides is 4. The molecule has 1 aliphatic carbocycles. The Morgan fingerprint density at radius 1 is 1.30 bits per heavy atom. The van der Waals surface area contributed by atoms with Gasteiger partial charge in [0.1, 0.15) is 25.3 Å². The Morgan fingerprint density at radius 3 is 2.70 bits per heavy atom. The van der Waals surface area contributed by atoms with Gasteiger partial charge in [-0.15, -0.1) is 0 Å². The molecule has 1 aromatic rings. The SMILES string of the molecule is C[C@H](NC(=O)CN1C(=O)N[C@](C)(C2CC2)C1=O)c1ccc2c(c1)OCCO2. The Morgan fingerprint density at radius 2 is 2.00 bits per heavy atom. The van der Waals surface area contributed by atoms with Crippen LogP contribution in [0.25, 0.3) is 0 Å². The molecule has 2 fully saturated rings. The van der Waals surface area contributed by atoms with Gasteiger partial charge in [-0.3, -0.25) is 14.5 Å². The van der Waals surface area contributed by atoms with Crippen molar-refractivity contribution in [3.8, 4) is 11.5 Å². The molecule has 0 spiro atoms. The fraction of sp³-hybridized carbons (Fsp3) is 0.526. The Labute approximate surface area is 157 Å². The Kier molecular flexibility index (Phi) is 4.20. The molecule has 3 aliphatic rings. The number of rotatable bonds is 5. The van der Waals surface area contributed by atoms with Crippen molar-refractivity contribution in [2.45, 2.75) is 38.3 Å². The quantitative estimate of drug-likeness (QED) is 0.760. The van der Waals surface area contributed by atoms with Gasteiger partial charge in [-0.05, 0) is 50.3 Å². The predicted octanol–water partition coefficient (Wildman–Crippen LogP) is 1.36. The number of nitrogens with one attached hydrogen (secondary N) is 2. The summed E-state index contributed by atoms with van der Waals surface area (Å²) in [6.07, 6.45) is 1.84. The molecule has 2 atom stereocenters. The number of carbonyl (C=O) groups is 3. The molecule has 0 aromatic heterocycles. The molecule has 2 heterocycles. The van der Waals surface area contributed by atoms with Crippen LogP contribution in [-0.2, 0) is 9.59 Å². The maximum absolute atomic E-state index is 12.6. The number of fused-ring (bicyclic) bond motifs is 1. The van der Waals surface area contributed by atoms with Gasteiger partial charge in [0.05, 0.1) is 6.04 Å². The van der Waals surface area contributed by atoms with E-state index < -0.39 is 11.6 Å². The lowest BCUT2D eigenvalue weighted by Gasteiger charge is -2.22. The zero-order chi connectivity index (χ0) is 19.2. The van der Waals surface area contributed by atoms with Gasteiger partial charge in [0.2, 0.25) is 5.91 Å². The van der Waals surface area contributed by atoms with Crippen LogP contribution in [0.5, 0.6) is 11.5 Å². The van der Waals surface area contributed by atoms with E-state index in [0.29, 0.717) is 24.7 Å². The molecule has 1 saturated carbocycles. The monoisotopic (exact) mass is 373 g/mol. The van der Waals surface area contributed by atoms with E-state index in [0.717, 1.165) is 23.3 Å². The second-order valence-electron chi connectivity index (χ2n) is 7.49. The van der Waals surface area contributed by atoms with Crippen molar-refractivity contribution in [3.63, 3.8) is 0 Å². The Balaban J connectivity index is 1.39. The molecule has 2 aliphatic heterocycles. The average molecular weight is 373 g/mol. The van der Waals surface area contributed by atoms with Crippen molar-refractivity contribution >= 4 is 17.8 Å². The third-order valence-electron chi connectivity index (χ3n) is 5.44. The van der Waals surface area contributed by atoms with Gasteiger partial charge in [0.15, 0.2) is 11.5 Å². The summed E-state index contributed by atoms with van der Waals surface area (Å²) in [6, 6.07) is 4.69. The molecule has 0 bridgehead atoms. The molecule has 0 radical (unpaired) electrons. The fourth-order valence-electron chi connectivity index (χ4n) is 3.64. The van der Waals surface area contributed by atoms with Crippen LogP contribution >= 0.6 is 0 Å². The first-order chi connectivity index (χ1) is 12.9. The topological polar surface area (TPSA) is 97.0 Å². The Bertz CT molecular complexity index is 807. The standard InChI is InChI=1S/C19H23N3O5/c1-11(12-3-6-14-15(9-12)27-8-7-26-14)20-16(23)10-22-17(24)19(2,13-4-5-13)21-18(22)25/h3,6,9,11,13H,4-5,7-8,10H2,1-2H3,(H,20,23)(H,21,25)/t11-,19+/m0/s1. The molecule has 2 N–H and O–H groups in total. The van der Waals surface area contributed by atoms with Crippen LogP contribution in [-0.4, -0.2) is 48.0 Å². The third-order valence-corrected chi connectivity index (χ3v) is 5.44. The van der Waals surface area contributed by atoms with E-state index >= 15 is 0 Å². The van der Waals surface area contributed by atoms with Crippen molar-refractivity contribution in [3.05, 3.63) is 23.8 Å². The molecule has 1 saturated heterocycles. The second-order valence-corrected chi connectivity index (χ2v) is 7.49. The van der Waals surface area contributed by atoms with E-state index in [-0.39, 0.29) is 30.3 Å². The van der Waals surface area contributed by atoms with Crippen LogP contribution < -0.4 is 20.1 Å². The number of ether oxygens (including phenoxy) is 2. The van der Waals surface area contributed by atoms with E-state index in [1.165, 1.54) is 0 Å². The van der Waals surface area contributed by atoms with Gasteiger partial charge < -0.3 is 20.1 Å². The summed E-state index contributed by atoms with van der Waals surface area (Å²) >= 11 is 0. The summed E-state index contributed by atoms with van der Waals surface area (Å²) in [6.45, 7) is 4.29. The maximum Gasteiger partial charge on any atom is 0.325 e. The van der Waals surface area contributed by atoms with Crippen molar-refractivity contribution < 1.29 is 23.9 Å². The first-order valence-corrected chi connectivity index (χ1v) is 9.21. The molecule has 8 nitrogen and oxygen atoms in total. The highest BCUT2D eigenvalue weighted by Crippen LogP contribution is 2.42. The minimum atomic E-state index is -0.876. The Hall–Kier alpha value is -2.77. The number of nitrogens with zero attached hydrogens (tertiary/aromatic N) is 1. The number of hydrogen-bond acceptors (Lipinski definition) is 5.